The second-order valence-corrected chi connectivity index (χ2v) is 5.14. The molecule has 116 valence electrons. The Labute approximate surface area is 125 Å². The standard InChI is InChI=1S/C15H23N3O3/c1-11(2)10-18-15(20)13-9-12(5-7-16-13)14(19)17-6-4-8-21-3/h5,7,9,11H,4,6,8,10H2,1-3H3,(H,17,19)(H,18,20). The third kappa shape index (κ3) is 6.35. The van der Waals surface area contributed by atoms with Crippen molar-refractivity contribution in [1.29, 1.82) is 0 Å². The molecule has 0 saturated carbocycles. The number of pyridine rings is 1. The third-order valence-corrected chi connectivity index (χ3v) is 2.74. The van der Waals surface area contributed by atoms with Gasteiger partial charge in [-0.15, -0.1) is 0 Å². The molecule has 2 amide bonds. The van der Waals surface area contributed by atoms with Gasteiger partial charge in [0.1, 0.15) is 5.69 Å². The fraction of sp³-hybridized carbons (Fsp3) is 0.533. The van der Waals surface area contributed by atoms with Gasteiger partial charge in [-0.2, -0.15) is 0 Å². The molecule has 0 aliphatic heterocycles. The molecule has 2 N–H and O–H groups in total. The topological polar surface area (TPSA) is 80.3 Å². The summed E-state index contributed by atoms with van der Waals surface area (Å²) in [6.07, 6.45) is 2.21. The van der Waals surface area contributed by atoms with Crippen LogP contribution in [0.3, 0.4) is 0 Å². The Bertz CT molecular complexity index is 475. The summed E-state index contributed by atoms with van der Waals surface area (Å²) in [6, 6.07) is 3.09. The van der Waals surface area contributed by atoms with Crippen molar-refractivity contribution < 1.29 is 14.3 Å². The fourth-order valence-electron chi connectivity index (χ4n) is 1.60. The molecule has 0 unspecified atom stereocenters. The lowest BCUT2D eigenvalue weighted by Crippen LogP contribution is -2.29. The molecule has 6 nitrogen and oxygen atoms in total. The van der Waals surface area contributed by atoms with Gasteiger partial charge >= 0.3 is 0 Å². The number of nitrogens with one attached hydrogen (secondary N) is 2. The average molecular weight is 293 g/mol. The number of ether oxygens (including phenoxy) is 1. The molecule has 0 fully saturated rings. The summed E-state index contributed by atoms with van der Waals surface area (Å²) in [7, 11) is 1.62. The Kier molecular flexibility index (Phi) is 7.39. The maximum Gasteiger partial charge on any atom is 0.269 e. The van der Waals surface area contributed by atoms with E-state index in [1.165, 1.54) is 12.3 Å². The summed E-state index contributed by atoms with van der Waals surface area (Å²) in [6.45, 7) is 5.73. The minimum absolute atomic E-state index is 0.216. The van der Waals surface area contributed by atoms with Crippen molar-refractivity contribution in [2.24, 2.45) is 5.92 Å². The lowest BCUT2D eigenvalue weighted by atomic mass is 10.2. The van der Waals surface area contributed by atoms with Gasteiger partial charge in [-0.1, -0.05) is 13.8 Å². The molecule has 0 aromatic carbocycles. The zero-order chi connectivity index (χ0) is 15.7. The molecule has 1 aromatic rings. The summed E-state index contributed by atoms with van der Waals surface area (Å²) in [5.41, 5.74) is 0.678. The van der Waals surface area contributed by atoms with E-state index in [1.807, 2.05) is 13.8 Å². The highest BCUT2D eigenvalue weighted by Crippen LogP contribution is 2.02. The molecule has 0 radical (unpaired) electrons. The molecular weight excluding hydrogens is 270 g/mol. The van der Waals surface area contributed by atoms with Gasteiger partial charge in [-0.25, -0.2) is 0 Å². The SMILES string of the molecule is COCCCNC(=O)c1ccnc(C(=O)NCC(C)C)c1. The highest BCUT2D eigenvalue weighted by molar-refractivity contribution is 5.98. The number of aromatic nitrogens is 1. The zero-order valence-corrected chi connectivity index (χ0v) is 12.8. The van der Waals surface area contributed by atoms with Crippen LogP contribution in [0.2, 0.25) is 0 Å². The van der Waals surface area contributed by atoms with E-state index in [-0.39, 0.29) is 17.5 Å². The van der Waals surface area contributed by atoms with Crippen LogP contribution in [-0.4, -0.2) is 43.6 Å². The van der Waals surface area contributed by atoms with Crippen molar-refractivity contribution in [3.63, 3.8) is 0 Å². The summed E-state index contributed by atoms with van der Waals surface area (Å²) < 4.78 is 4.91. The molecule has 21 heavy (non-hydrogen) atoms. The summed E-state index contributed by atoms with van der Waals surface area (Å²) in [4.78, 5) is 27.8. The predicted molar refractivity (Wildman–Crippen MR) is 80.2 cm³/mol. The molecule has 6 heteroatoms. The molecule has 0 aliphatic rings. The van der Waals surface area contributed by atoms with Crippen LogP contribution in [0.5, 0.6) is 0 Å². The van der Waals surface area contributed by atoms with Crippen molar-refractivity contribution in [3.8, 4) is 0 Å². The van der Waals surface area contributed by atoms with E-state index in [0.717, 1.165) is 6.42 Å². The van der Waals surface area contributed by atoms with Crippen LogP contribution in [0.4, 0.5) is 0 Å². The second-order valence-electron chi connectivity index (χ2n) is 5.14. The number of carbonyl (C=O) groups is 2. The molecule has 1 heterocycles. The third-order valence-electron chi connectivity index (χ3n) is 2.74. The Morgan fingerprint density at radius 2 is 2.05 bits per heavy atom. The maximum absolute atomic E-state index is 11.9. The van der Waals surface area contributed by atoms with E-state index < -0.39 is 0 Å². The van der Waals surface area contributed by atoms with Crippen LogP contribution in [0.25, 0.3) is 0 Å². The number of methoxy groups -OCH3 is 1. The monoisotopic (exact) mass is 293 g/mol. The van der Waals surface area contributed by atoms with E-state index >= 15 is 0 Å². The summed E-state index contributed by atoms with van der Waals surface area (Å²) in [5.74, 6) is -0.120. The molecule has 0 saturated heterocycles. The molecule has 1 aromatic heterocycles. The van der Waals surface area contributed by atoms with Crippen molar-refractivity contribution in [1.82, 2.24) is 15.6 Å². The highest BCUT2D eigenvalue weighted by Gasteiger charge is 2.11. The van der Waals surface area contributed by atoms with Gasteiger partial charge in [0.15, 0.2) is 0 Å². The van der Waals surface area contributed by atoms with Crippen LogP contribution >= 0.6 is 0 Å². The lowest BCUT2D eigenvalue weighted by Gasteiger charge is -2.08. The van der Waals surface area contributed by atoms with Crippen molar-refractivity contribution >= 4 is 11.8 Å². The largest absolute Gasteiger partial charge is 0.385 e. The number of hydrogen-bond acceptors (Lipinski definition) is 4. The van der Waals surface area contributed by atoms with Gasteiger partial charge in [-0.3, -0.25) is 14.6 Å². The highest BCUT2D eigenvalue weighted by atomic mass is 16.5. The van der Waals surface area contributed by atoms with E-state index in [2.05, 4.69) is 15.6 Å². The van der Waals surface area contributed by atoms with Gasteiger partial charge in [0.2, 0.25) is 0 Å². The minimum Gasteiger partial charge on any atom is -0.385 e. The number of rotatable bonds is 8. The van der Waals surface area contributed by atoms with Crippen molar-refractivity contribution in [3.05, 3.63) is 29.6 Å². The first-order valence-electron chi connectivity index (χ1n) is 7.06. The molecule has 0 spiro atoms. The minimum atomic E-state index is -0.266. The number of amides is 2. The Balaban J connectivity index is 2.58. The summed E-state index contributed by atoms with van der Waals surface area (Å²) >= 11 is 0. The molecular formula is C15H23N3O3. The van der Waals surface area contributed by atoms with Crippen LogP contribution < -0.4 is 10.6 Å². The molecule has 0 bridgehead atoms. The van der Waals surface area contributed by atoms with Gasteiger partial charge in [0.25, 0.3) is 11.8 Å². The second kappa shape index (κ2) is 9.07. The van der Waals surface area contributed by atoms with Gasteiger partial charge in [0.05, 0.1) is 0 Å². The predicted octanol–water partition coefficient (Wildman–Crippen LogP) is 1.23. The normalized spacial score (nSPS) is 10.5. The van der Waals surface area contributed by atoms with Gasteiger partial charge in [-0.05, 0) is 24.5 Å². The van der Waals surface area contributed by atoms with Crippen molar-refractivity contribution in [2.45, 2.75) is 20.3 Å². The van der Waals surface area contributed by atoms with E-state index in [4.69, 9.17) is 4.74 Å². The first-order chi connectivity index (χ1) is 10.0. The number of nitrogens with zero attached hydrogens (tertiary/aromatic N) is 1. The fourth-order valence-corrected chi connectivity index (χ4v) is 1.60. The smallest absolute Gasteiger partial charge is 0.269 e. The zero-order valence-electron chi connectivity index (χ0n) is 12.8. The van der Waals surface area contributed by atoms with Crippen LogP contribution in [0.15, 0.2) is 18.3 Å². The lowest BCUT2D eigenvalue weighted by molar-refractivity contribution is 0.0944. The number of hydrogen-bond donors (Lipinski definition) is 2. The van der Waals surface area contributed by atoms with Gasteiger partial charge < -0.3 is 15.4 Å². The van der Waals surface area contributed by atoms with Crippen molar-refractivity contribution in [2.75, 3.05) is 26.8 Å². The van der Waals surface area contributed by atoms with E-state index in [0.29, 0.717) is 31.2 Å². The van der Waals surface area contributed by atoms with Gasteiger partial charge in [0, 0.05) is 38.6 Å². The van der Waals surface area contributed by atoms with E-state index in [9.17, 15) is 9.59 Å². The van der Waals surface area contributed by atoms with Crippen LogP contribution in [0.1, 0.15) is 41.1 Å². The summed E-state index contributed by atoms with van der Waals surface area (Å²) in [5, 5.41) is 5.55. The molecule has 0 atom stereocenters. The number of carbonyl (C=O) groups excluding carboxylic acids is 2. The quantitative estimate of drug-likeness (QED) is 0.707. The first-order valence-corrected chi connectivity index (χ1v) is 7.06. The van der Waals surface area contributed by atoms with E-state index in [1.54, 1.807) is 13.2 Å². The van der Waals surface area contributed by atoms with Crippen LogP contribution in [0, 0.1) is 5.92 Å². The Morgan fingerprint density at radius 1 is 1.29 bits per heavy atom. The van der Waals surface area contributed by atoms with Crippen LogP contribution in [-0.2, 0) is 4.74 Å². The average Bonchev–Trinajstić information content (AvgIpc) is 2.49. The molecule has 1 rings (SSSR count). The first kappa shape index (κ1) is 17.1. The Morgan fingerprint density at radius 3 is 2.71 bits per heavy atom. The Hall–Kier alpha value is -1.95. The molecule has 0 aliphatic carbocycles. The maximum atomic E-state index is 11.9.